The van der Waals surface area contributed by atoms with Crippen molar-refractivity contribution in [2.45, 2.75) is 6.54 Å². The van der Waals surface area contributed by atoms with E-state index >= 15 is 0 Å². The van der Waals surface area contributed by atoms with Gasteiger partial charge in [-0.15, -0.1) is 0 Å². The highest BCUT2D eigenvalue weighted by atomic mass is 16.4. The van der Waals surface area contributed by atoms with Crippen molar-refractivity contribution in [1.29, 1.82) is 0 Å². The Hall–Kier alpha value is -2.57. The maximum Gasteiger partial charge on any atom is 0.339 e. The van der Waals surface area contributed by atoms with Crippen LogP contribution in [0.1, 0.15) is 26.5 Å². The number of carbonyl (C=O) groups excluding carboxylic acids is 1. The topological polar surface area (TPSA) is 111 Å². The fourth-order valence-corrected chi connectivity index (χ4v) is 1.38. The number of nitrogens with zero attached hydrogens (tertiary/aromatic N) is 2. The van der Waals surface area contributed by atoms with Gasteiger partial charge in [-0.3, -0.25) is 9.48 Å². The van der Waals surface area contributed by atoms with E-state index in [0.717, 1.165) is 0 Å². The van der Waals surface area contributed by atoms with Crippen molar-refractivity contribution < 1.29 is 19.1 Å². The third-order valence-corrected chi connectivity index (χ3v) is 2.20. The van der Waals surface area contributed by atoms with E-state index in [-0.39, 0.29) is 23.4 Å². The molecule has 17 heavy (non-hydrogen) atoms. The molecular weight excluding hydrogens is 226 g/mol. The van der Waals surface area contributed by atoms with Gasteiger partial charge >= 0.3 is 5.97 Å². The maximum atomic E-state index is 10.8. The molecule has 0 spiro atoms. The summed E-state index contributed by atoms with van der Waals surface area (Å²) in [4.78, 5) is 21.7. The Balaban J connectivity index is 2.22. The van der Waals surface area contributed by atoms with Gasteiger partial charge < -0.3 is 15.3 Å². The molecule has 0 radical (unpaired) electrons. The molecule has 0 aliphatic carbocycles. The first-order chi connectivity index (χ1) is 8.08. The first-order valence-electron chi connectivity index (χ1n) is 4.70. The predicted octanol–water partition coefficient (Wildman–Crippen LogP) is 0.321. The molecule has 0 aromatic carbocycles. The highest BCUT2D eigenvalue weighted by Crippen LogP contribution is 2.12. The molecule has 2 rings (SSSR count). The van der Waals surface area contributed by atoms with Crippen LogP contribution in [0.5, 0.6) is 0 Å². The number of aromatic nitrogens is 2. The molecule has 88 valence electrons. The number of aromatic carboxylic acids is 1. The number of carbonyl (C=O) groups is 2. The van der Waals surface area contributed by atoms with Crippen LogP contribution in [0.3, 0.4) is 0 Å². The summed E-state index contributed by atoms with van der Waals surface area (Å²) in [6.07, 6.45) is 4.03. The van der Waals surface area contributed by atoms with Crippen molar-refractivity contribution in [2.24, 2.45) is 5.73 Å². The number of primary amides is 1. The first kappa shape index (κ1) is 10.9. The molecule has 0 saturated carbocycles. The molecule has 0 atom stereocenters. The summed E-state index contributed by atoms with van der Waals surface area (Å²) in [6, 6.07) is 1.36. The normalized spacial score (nSPS) is 10.4. The summed E-state index contributed by atoms with van der Waals surface area (Å²) in [6.45, 7) is 0.127. The van der Waals surface area contributed by atoms with Crippen molar-refractivity contribution in [3.05, 3.63) is 41.6 Å². The van der Waals surface area contributed by atoms with Gasteiger partial charge in [0.15, 0.2) is 0 Å². The quantitative estimate of drug-likeness (QED) is 0.792. The second kappa shape index (κ2) is 4.12. The molecule has 0 fully saturated rings. The molecule has 0 aliphatic heterocycles. The third kappa shape index (κ3) is 2.17. The Labute approximate surface area is 95.4 Å². The monoisotopic (exact) mass is 235 g/mol. The molecule has 0 aliphatic rings. The van der Waals surface area contributed by atoms with Gasteiger partial charge in [-0.25, -0.2) is 4.79 Å². The van der Waals surface area contributed by atoms with Gasteiger partial charge in [-0.2, -0.15) is 5.10 Å². The van der Waals surface area contributed by atoms with Crippen molar-refractivity contribution in [3.63, 3.8) is 0 Å². The Kier molecular flexibility index (Phi) is 2.65. The Morgan fingerprint density at radius 1 is 1.53 bits per heavy atom. The maximum absolute atomic E-state index is 10.8. The average molecular weight is 235 g/mol. The first-order valence-corrected chi connectivity index (χ1v) is 4.70. The van der Waals surface area contributed by atoms with Gasteiger partial charge in [0.05, 0.1) is 24.6 Å². The molecular formula is C10H9N3O4. The second-order valence-corrected chi connectivity index (χ2v) is 3.35. The number of carboxylic acid groups (broad SMARTS) is 1. The summed E-state index contributed by atoms with van der Waals surface area (Å²) >= 11 is 0. The molecule has 2 heterocycles. The molecule has 0 saturated heterocycles. The molecule has 1 amide bonds. The van der Waals surface area contributed by atoms with Crippen LogP contribution in [-0.2, 0) is 6.54 Å². The number of amides is 1. The van der Waals surface area contributed by atoms with Gasteiger partial charge in [0.2, 0.25) is 0 Å². The van der Waals surface area contributed by atoms with Crippen LogP contribution in [0, 0.1) is 0 Å². The number of nitrogens with two attached hydrogens (primary N) is 1. The van der Waals surface area contributed by atoms with Gasteiger partial charge in [0.25, 0.3) is 5.91 Å². The van der Waals surface area contributed by atoms with Gasteiger partial charge in [0.1, 0.15) is 11.3 Å². The van der Waals surface area contributed by atoms with Crippen LogP contribution in [-0.4, -0.2) is 26.8 Å². The summed E-state index contributed by atoms with van der Waals surface area (Å²) in [5.74, 6) is -1.40. The molecule has 7 heteroatoms. The van der Waals surface area contributed by atoms with Gasteiger partial charge in [-0.05, 0) is 6.07 Å². The number of rotatable bonds is 4. The molecule has 3 N–H and O–H groups in total. The van der Waals surface area contributed by atoms with E-state index < -0.39 is 11.9 Å². The molecule has 0 bridgehead atoms. The van der Waals surface area contributed by atoms with E-state index in [2.05, 4.69) is 5.10 Å². The minimum Gasteiger partial charge on any atom is -0.478 e. The summed E-state index contributed by atoms with van der Waals surface area (Å²) in [5, 5.41) is 12.7. The minimum atomic E-state index is -1.07. The third-order valence-electron chi connectivity index (χ3n) is 2.20. The van der Waals surface area contributed by atoms with Crippen LogP contribution in [0.2, 0.25) is 0 Å². The standard InChI is InChI=1S/C10H9N3O4/c11-9(14)6-3-12-13(4-6)5-8-7(10(15)16)1-2-17-8/h1-4H,5H2,(H2,11,14)(H,15,16). The second-order valence-electron chi connectivity index (χ2n) is 3.35. The van der Waals surface area contributed by atoms with E-state index in [1.165, 1.54) is 29.4 Å². The summed E-state index contributed by atoms with van der Waals surface area (Å²) in [5.41, 5.74) is 5.40. The Morgan fingerprint density at radius 3 is 2.88 bits per heavy atom. The van der Waals surface area contributed by atoms with Gasteiger partial charge in [-0.1, -0.05) is 0 Å². The van der Waals surface area contributed by atoms with Crippen LogP contribution in [0.25, 0.3) is 0 Å². The number of hydrogen-bond acceptors (Lipinski definition) is 4. The van der Waals surface area contributed by atoms with Crippen LogP contribution < -0.4 is 5.73 Å². The average Bonchev–Trinajstić information content (AvgIpc) is 2.86. The van der Waals surface area contributed by atoms with Crippen molar-refractivity contribution in [1.82, 2.24) is 9.78 Å². The summed E-state index contributed by atoms with van der Waals surface area (Å²) < 4.78 is 6.42. The highest BCUT2D eigenvalue weighted by molar-refractivity contribution is 5.92. The van der Waals surface area contributed by atoms with Crippen molar-refractivity contribution in [2.75, 3.05) is 0 Å². The summed E-state index contributed by atoms with van der Waals surface area (Å²) in [7, 11) is 0. The lowest BCUT2D eigenvalue weighted by atomic mass is 10.2. The van der Waals surface area contributed by atoms with E-state index in [9.17, 15) is 9.59 Å². The smallest absolute Gasteiger partial charge is 0.339 e. The fraction of sp³-hybridized carbons (Fsp3) is 0.100. The minimum absolute atomic E-state index is 0.0705. The lowest BCUT2D eigenvalue weighted by Gasteiger charge is -1.99. The number of furan rings is 1. The van der Waals surface area contributed by atoms with Crippen molar-refractivity contribution in [3.8, 4) is 0 Å². The van der Waals surface area contributed by atoms with Crippen molar-refractivity contribution >= 4 is 11.9 Å². The lowest BCUT2D eigenvalue weighted by molar-refractivity contribution is 0.0694. The molecule has 2 aromatic heterocycles. The SMILES string of the molecule is NC(=O)c1cnn(Cc2occc2C(=O)O)c1. The zero-order valence-electron chi connectivity index (χ0n) is 8.66. The number of hydrogen-bond donors (Lipinski definition) is 2. The van der Waals surface area contributed by atoms with E-state index in [1.54, 1.807) is 0 Å². The Bertz CT molecular complexity index is 570. The lowest BCUT2D eigenvalue weighted by Crippen LogP contribution is -2.10. The predicted molar refractivity (Wildman–Crippen MR) is 55.5 cm³/mol. The van der Waals surface area contributed by atoms with Crippen LogP contribution in [0.15, 0.2) is 29.1 Å². The van der Waals surface area contributed by atoms with E-state index in [1.807, 2.05) is 0 Å². The molecule has 7 nitrogen and oxygen atoms in total. The van der Waals surface area contributed by atoms with E-state index in [4.69, 9.17) is 15.3 Å². The molecule has 2 aromatic rings. The van der Waals surface area contributed by atoms with Crippen LogP contribution >= 0.6 is 0 Å². The zero-order chi connectivity index (χ0) is 12.4. The highest BCUT2D eigenvalue weighted by Gasteiger charge is 2.14. The van der Waals surface area contributed by atoms with E-state index in [0.29, 0.717) is 0 Å². The fourth-order valence-electron chi connectivity index (χ4n) is 1.38. The zero-order valence-corrected chi connectivity index (χ0v) is 8.66. The Morgan fingerprint density at radius 2 is 2.29 bits per heavy atom. The van der Waals surface area contributed by atoms with Gasteiger partial charge in [0, 0.05) is 6.20 Å². The largest absolute Gasteiger partial charge is 0.478 e. The van der Waals surface area contributed by atoms with Crippen LogP contribution in [0.4, 0.5) is 0 Å². The number of carboxylic acids is 1. The molecule has 0 unspecified atom stereocenters.